The van der Waals surface area contributed by atoms with E-state index in [4.69, 9.17) is 0 Å². The summed E-state index contributed by atoms with van der Waals surface area (Å²) < 4.78 is 0. The molecule has 0 radical (unpaired) electrons. The van der Waals surface area contributed by atoms with Crippen molar-refractivity contribution in [2.45, 2.75) is 52.4 Å². The normalized spacial score (nSPS) is 13.3. The smallest absolute Gasteiger partial charge is 0.0546 e. The molecule has 0 aromatic heterocycles. The van der Waals surface area contributed by atoms with E-state index < -0.39 is 0 Å². The monoisotopic (exact) mass is 633 g/mol. The van der Waals surface area contributed by atoms with E-state index in [1.54, 1.807) is 0 Å². The van der Waals surface area contributed by atoms with E-state index in [0.29, 0.717) is 0 Å². The third-order valence-corrected chi connectivity index (χ3v) is 10.5. The van der Waals surface area contributed by atoms with E-state index in [1.165, 1.54) is 72.1 Å². The second-order valence-corrected chi connectivity index (χ2v) is 15.1. The molecule has 0 saturated carbocycles. The van der Waals surface area contributed by atoms with Crippen LogP contribution >= 0.6 is 0 Å². The lowest BCUT2D eigenvalue weighted by atomic mass is 9.81. The minimum Gasteiger partial charge on any atom is -0.310 e. The molecular weight excluding hydrogens is 591 g/mol. The molecule has 0 bridgehead atoms. The zero-order valence-electron chi connectivity index (χ0n) is 29.4. The van der Waals surface area contributed by atoms with Crippen LogP contribution in [0.3, 0.4) is 0 Å². The molecule has 7 aromatic rings. The maximum atomic E-state index is 2.49. The number of nitrogens with zero attached hydrogens (tertiary/aromatic N) is 1. The summed E-state index contributed by atoms with van der Waals surface area (Å²) in [6.07, 6.45) is 0. The summed E-state index contributed by atoms with van der Waals surface area (Å²) in [4.78, 5) is 2.49. The van der Waals surface area contributed by atoms with Gasteiger partial charge in [0.15, 0.2) is 0 Å². The van der Waals surface area contributed by atoms with E-state index in [-0.39, 0.29) is 10.8 Å². The zero-order chi connectivity index (χ0) is 33.9. The molecule has 0 unspecified atom stereocenters. The van der Waals surface area contributed by atoms with Crippen molar-refractivity contribution in [1.82, 2.24) is 0 Å². The van der Waals surface area contributed by atoms with Gasteiger partial charge in [-0.3, -0.25) is 0 Å². The third-order valence-electron chi connectivity index (χ3n) is 10.5. The molecule has 49 heavy (non-hydrogen) atoms. The Morgan fingerprint density at radius 1 is 0.490 bits per heavy atom. The highest BCUT2D eigenvalue weighted by atomic mass is 15.1. The minimum absolute atomic E-state index is 0.0249. The molecule has 0 amide bonds. The van der Waals surface area contributed by atoms with E-state index in [9.17, 15) is 0 Å². The Morgan fingerprint density at radius 3 is 1.86 bits per heavy atom. The number of fused-ring (bicyclic) bond motifs is 4. The van der Waals surface area contributed by atoms with Gasteiger partial charge in [-0.25, -0.2) is 0 Å². The number of benzene rings is 7. The molecule has 0 N–H and O–H groups in total. The molecule has 240 valence electrons. The van der Waals surface area contributed by atoms with Gasteiger partial charge < -0.3 is 4.90 Å². The summed E-state index contributed by atoms with van der Waals surface area (Å²) >= 11 is 0. The van der Waals surface area contributed by atoms with Gasteiger partial charge in [0.25, 0.3) is 0 Å². The first-order valence-corrected chi connectivity index (χ1v) is 17.4. The molecule has 1 aliphatic carbocycles. The Balaban J connectivity index is 1.40. The maximum absolute atomic E-state index is 2.49. The highest BCUT2D eigenvalue weighted by Crippen LogP contribution is 2.53. The largest absolute Gasteiger partial charge is 0.310 e. The van der Waals surface area contributed by atoms with Crippen LogP contribution in [0.25, 0.3) is 44.2 Å². The van der Waals surface area contributed by atoms with Crippen molar-refractivity contribution < 1.29 is 0 Å². The van der Waals surface area contributed by atoms with Crippen LogP contribution in [0.5, 0.6) is 0 Å². The molecule has 0 atom stereocenters. The van der Waals surface area contributed by atoms with Crippen molar-refractivity contribution in [1.29, 1.82) is 0 Å². The van der Waals surface area contributed by atoms with Gasteiger partial charge in [0.2, 0.25) is 0 Å². The number of anilines is 3. The molecule has 0 aliphatic heterocycles. The molecular formula is C48H43N. The molecule has 0 saturated heterocycles. The average molecular weight is 634 g/mol. The maximum Gasteiger partial charge on any atom is 0.0546 e. The van der Waals surface area contributed by atoms with Gasteiger partial charge in [-0.15, -0.1) is 0 Å². The summed E-state index contributed by atoms with van der Waals surface area (Å²) in [7, 11) is 0. The average Bonchev–Trinajstić information content (AvgIpc) is 3.35. The summed E-state index contributed by atoms with van der Waals surface area (Å²) in [5.41, 5.74) is 16.5. The molecule has 1 aliphatic rings. The lowest BCUT2D eigenvalue weighted by Crippen LogP contribution is -2.17. The fraction of sp³-hybridized carbons (Fsp3) is 0.167. The van der Waals surface area contributed by atoms with E-state index in [1.807, 2.05) is 0 Å². The van der Waals surface area contributed by atoms with Crippen molar-refractivity contribution in [3.8, 4) is 33.4 Å². The number of rotatable bonds is 5. The van der Waals surface area contributed by atoms with E-state index in [2.05, 4.69) is 198 Å². The van der Waals surface area contributed by atoms with Crippen molar-refractivity contribution in [2.75, 3.05) is 4.90 Å². The molecule has 0 heterocycles. The van der Waals surface area contributed by atoms with Crippen LogP contribution < -0.4 is 4.90 Å². The number of hydrogen-bond donors (Lipinski definition) is 0. The topological polar surface area (TPSA) is 3.24 Å². The quantitative estimate of drug-likeness (QED) is 0.182. The van der Waals surface area contributed by atoms with Crippen LogP contribution in [0.2, 0.25) is 0 Å². The SMILES string of the molecule is Cc1cccc2c1-c1ccc(N(c3ccc(-c4ccccc4)cc3)c3cc4ccccc4cc3-c3ccccc3C(C)(C)C)cc1C2(C)C. The Bertz CT molecular complexity index is 2340. The Morgan fingerprint density at radius 2 is 1.12 bits per heavy atom. The van der Waals surface area contributed by atoms with Crippen molar-refractivity contribution >= 4 is 27.8 Å². The molecule has 1 heteroatoms. The fourth-order valence-corrected chi connectivity index (χ4v) is 7.96. The Labute approximate surface area is 291 Å². The van der Waals surface area contributed by atoms with Gasteiger partial charge in [0, 0.05) is 22.4 Å². The first kappa shape index (κ1) is 30.9. The number of hydrogen-bond acceptors (Lipinski definition) is 1. The first-order valence-electron chi connectivity index (χ1n) is 17.4. The van der Waals surface area contributed by atoms with Crippen LogP contribution in [0, 0.1) is 6.92 Å². The van der Waals surface area contributed by atoms with Gasteiger partial charge >= 0.3 is 0 Å². The van der Waals surface area contributed by atoms with Crippen LogP contribution in [0.15, 0.2) is 152 Å². The first-order chi connectivity index (χ1) is 23.6. The lowest BCUT2D eigenvalue weighted by molar-refractivity contribution is 0.592. The second-order valence-electron chi connectivity index (χ2n) is 15.1. The van der Waals surface area contributed by atoms with Crippen molar-refractivity contribution in [2.24, 2.45) is 0 Å². The van der Waals surface area contributed by atoms with Crippen LogP contribution in [-0.2, 0) is 10.8 Å². The van der Waals surface area contributed by atoms with Crippen LogP contribution in [0.1, 0.15) is 56.9 Å². The van der Waals surface area contributed by atoms with Gasteiger partial charge in [-0.1, -0.05) is 150 Å². The highest BCUT2D eigenvalue weighted by molar-refractivity contribution is 5.99. The third kappa shape index (κ3) is 5.25. The molecule has 7 aromatic carbocycles. The standard InChI is InChI=1S/C48H43N/c1-32-15-14-22-43-46(32)40-28-27-38(31-44(40)48(43,5)6)49(37-25-23-34(24-26-37)33-16-8-7-9-17-33)45-30-36-19-11-10-18-35(36)29-41(45)39-20-12-13-21-42(39)47(2,3)4/h7-31H,1-6H3. The molecule has 8 rings (SSSR count). The summed E-state index contributed by atoms with van der Waals surface area (Å²) in [5.74, 6) is 0. The zero-order valence-corrected chi connectivity index (χ0v) is 29.4. The van der Waals surface area contributed by atoms with E-state index >= 15 is 0 Å². The van der Waals surface area contributed by atoms with Crippen LogP contribution in [0.4, 0.5) is 17.1 Å². The van der Waals surface area contributed by atoms with E-state index in [0.717, 1.165) is 11.4 Å². The predicted molar refractivity (Wildman–Crippen MR) is 211 cm³/mol. The molecule has 0 spiro atoms. The Hall–Kier alpha value is -5.40. The molecule has 1 nitrogen and oxygen atoms in total. The number of aryl methyl sites for hydroxylation is 1. The van der Waals surface area contributed by atoms with Crippen molar-refractivity contribution in [3.63, 3.8) is 0 Å². The minimum atomic E-state index is -0.111. The van der Waals surface area contributed by atoms with Gasteiger partial charge in [0.1, 0.15) is 0 Å². The van der Waals surface area contributed by atoms with Crippen LogP contribution in [-0.4, -0.2) is 0 Å². The van der Waals surface area contributed by atoms with Crippen molar-refractivity contribution in [3.05, 3.63) is 174 Å². The summed E-state index contributed by atoms with van der Waals surface area (Å²) in [6, 6.07) is 56.2. The Kier molecular flexibility index (Phi) is 7.34. The molecule has 0 fully saturated rings. The summed E-state index contributed by atoms with van der Waals surface area (Å²) in [6.45, 7) is 13.9. The second kappa shape index (κ2) is 11.6. The predicted octanol–water partition coefficient (Wildman–Crippen LogP) is 13.6. The highest BCUT2D eigenvalue weighted by Gasteiger charge is 2.37. The van der Waals surface area contributed by atoms with Gasteiger partial charge in [0.05, 0.1) is 5.69 Å². The summed E-state index contributed by atoms with van der Waals surface area (Å²) in [5, 5.41) is 2.47. The van der Waals surface area contributed by atoms with Gasteiger partial charge in [-0.2, -0.15) is 0 Å². The van der Waals surface area contributed by atoms with Gasteiger partial charge in [-0.05, 0) is 110 Å². The lowest BCUT2D eigenvalue weighted by Gasteiger charge is -2.31. The fourth-order valence-electron chi connectivity index (χ4n) is 7.96.